The number of hydrogen-bond acceptors (Lipinski definition) is 2. The van der Waals surface area contributed by atoms with Crippen LogP contribution < -0.4 is 4.90 Å². The molecule has 0 fully saturated rings. The molecule has 2 heteroatoms. The van der Waals surface area contributed by atoms with Gasteiger partial charge in [-0.15, -0.1) is 0 Å². The number of benzene rings is 9. The number of anilines is 3. The van der Waals surface area contributed by atoms with Crippen molar-refractivity contribution in [1.82, 2.24) is 0 Å². The normalized spacial score (nSPS) is 14.6. The zero-order valence-corrected chi connectivity index (χ0v) is 30.1. The Balaban J connectivity index is 1.07. The van der Waals surface area contributed by atoms with E-state index in [9.17, 15) is 0 Å². The number of furan rings is 1. The van der Waals surface area contributed by atoms with Crippen molar-refractivity contribution in [3.63, 3.8) is 0 Å². The molecule has 0 aliphatic heterocycles. The van der Waals surface area contributed by atoms with Gasteiger partial charge in [0.15, 0.2) is 0 Å². The third-order valence-electron chi connectivity index (χ3n) is 11.5. The summed E-state index contributed by atoms with van der Waals surface area (Å²) < 4.78 is 6.71. The monoisotopic (exact) mass is 701 g/mol. The van der Waals surface area contributed by atoms with Crippen LogP contribution in [0.5, 0.6) is 0 Å². The molecule has 2 nitrogen and oxygen atoms in total. The van der Waals surface area contributed by atoms with E-state index in [1.807, 2.05) is 6.07 Å². The maximum absolute atomic E-state index is 6.71. The average molecular weight is 702 g/mol. The highest BCUT2D eigenvalue weighted by Gasteiger charge is 2.47. The first-order chi connectivity index (χ1) is 27.3. The van der Waals surface area contributed by atoms with Crippen LogP contribution in [-0.2, 0) is 5.41 Å². The Kier molecular flexibility index (Phi) is 7.11. The smallest absolute Gasteiger partial charge is 0.143 e. The van der Waals surface area contributed by atoms with Gasteiger partial charge < -0.3 is 9.32 Å². The standard InChI is InChI=1S/C53H35NO/c1-3-15-40(16-4-1)53(48-21-11-9-20-47(48)51-49(53)34-33-46-45-19-10-12-22-50(45)55-52(46)51)41-27-31-44(32-28-41)54(42-17-5-2-6-18-42)43-29-25-37(26-30-43)39-24-23-36-13-7-8-14-38(36)35-39/h1-35H. The molecule has 0 N–H and O–H groups in total. The van der Waals surface area contributed by atoms with Crippen molar-refractivity contribution in [2.75, 3.05) is 4.90 Å². The summed E-state index contributed by atoms with van der Waals surface area (Å²) in [6.07, 6.45) is 0. The van der Waals surface area contributed by atoms with Crippen molar-refractivity contribution in [3.8, 4) is 22.3 Å². The van der Waals surface area contributed by atoms with E-state index in [1.54, 1.807) is 0 Å². The number of nitrogens with zero attached hydrogens (tertiary/aromatic N) is 1. The van der Waals surface area contributed by atoms with E-state index in [-0.39, 0.29) is 0 Å². The number of para-hydroxylation sites is 2. The molecular weight excluding hydrogens is 667 g/mol. The molecule has 1 unspecified atom stereocenters. The molecule has 0 radical (unpaired) electrons. The topological polar surface area (TPSA) is 16.4 Å². The van der Waals surface area contributed by atoms with E-state index >= 15 is 0 Å². The molecule has 1 aliphatic carbocycles. The Morgan fingerprint density at radius 1 is 0.382 bits per heavy atom. The van der Waals surface area contributed by atoms with E-state index in [0.29, 0.717) is 0 Å². The molecule has 10 aromatic rings. The van der Waals surface area contributed by atoms with E-state index in [4.69, 9.17) is 4.42 Å². The van der Waals surface area contributed by atoms with Gasteiger partial charge in [-0.25, -0.2) is 0 Å². The number of hydrogen-bond donors (Lipinski definition) is 0. The van der Waals surface area contributed by atoms with Crippen LogP contribution in [0.15, 0.2) is 217 Å². The maximum Gasteiger partial charge on any atom is 0.143 e. The second-order valence-corrected chi connectivity index (χ2v) is 14.5. The first-order valence-electron chi connectivity index (χ1n) is 18.9. The fraction of sp³-hybridized carbons (Fsp3) is 0.0189. The Bertz CT molecular complexity index is 3020. The zero-order chi connectivity index (χ0) is 36.3. The number of rotatable bonds is 6. The second-order valence-electron chi connectivity index (χ2n) is 14.5. The van der Waals surface area contributed by atoms with Crippen LogP contribution >= 0.6 is 0 Å². The van der Waals surface area contributed by atoms with Crippen molar-refractivity contribution < 1.29 is 4.42 Å². The highest BCUT2D eigenvalue weighted by atomic mass is 16.3. The second kappa shape index (κ2) is 12.5. The third-order valence-corrected chi connectivity index (χ3v) is 11.5. The Morgan fingerprint density at radius 2 is 0.982 bits per heavy atom. The minimum Gasteiger partial charge on any atom is -0.455 e. The van der Waals surface area contributed by atoms with Gasteiger partial charge in [0.1, 0.15) is 11.2 Å². The molecule has 55 heavy (non-hydrogen) atoms. The van der Waals surface area contributed by atoms with Crippen molar-refractivity contribution in [2.24, 2.45) is 0 Å². The van der Waals surface area contributed by atoms with Crippen LogP contribution in [0.3, 0.4) is 0 Å². The van der Waals surface area contributed by atoms with Crippen LogP contribution in [0.4, 0.5) is 17.1 Å². The summed E-state index contributed by atoms with van der Waals surface area (Å²) in [7, 11) is 0. The summed E-state index contributed by atoms with van der Waals surface area (Å²) in [5.74, 6) is 0. The number of fused-ring (bicyclic) bond motifs is 8. The molecule has 1 aromatic heterocycles. The molecule has 0 bridgehead atoms. The van der Waals surface area contributed by atoms with Gasteiger partial charge in [-0.1, -0.05) is 164 Å². The molecular formula is C53H35NO. The SMILES string of the molecule is c1ccc(N(c2ccc(-c3ccc4ccccc4c3)cc2)c2ccc(C3(c4ccccc4)c4ccccc4-c4c3ccc3c4oc4ccccc43)cc2)cc1. The average Bonchev–Trinajstić information content (AvgIpc) is 3.79. The third kappa shape index (κ3) is 4.82. The minimum atomic E-state index is -0.544. The summed E-state index contributed by atoms with van der Waals surface area (Å²) in [4.78, 5) is 2.34. The van der Waals surface area contributed by atoms with Crippen LogP contribution in [0.1, 0.15) is 22.3 Å². The molecule has 1 atom stereocenters. The molecule has 11 rings (SSSR count). The van der Waals surface area contributed by atoms with Gasteiger partial charge in [-0.2, -0.15) is 0 Å². The predicted molar refractivity (Wildman–Crippen MR) is 229 cm³/mol. The van der Waals surface area contributed by atoms with Gasteiger partial charge in [0.25, 0.3) is 0 Å². The van der Waals surface area contributed by atoms with Gasteiger partial charge >= 0.3 is 0 Å². The Morgan fingerprint density at radius 3 is 1.78 bits per heavy atom. The first-order valence-corrected chi connectivity index (χ1v) is 18.9. The highest BCUT2D eigenvalue weighted by molar-refractivity contribution is 6.12. The lowest BCUT2D eigenvalue weighted by molar-refractivity contribution is 0.669. The fourth-order valence-electron chi connectivity index (χ4n) is 9.08. The Labute approximate surface area is 320 Å². The molecule has 0 amide bonds. The molecule has 0 spiro atoms. The van der Waals surface area contributed by atoms with Crippen molar-refractivity contribution in [1.29, 1.82) is 0 Å². The van der Waals surface area contributed by atoms with Crippen molar-refractivity contribution in [2.45, 2.75) is 5.41 Å². The van der Waals surface area contributed by atoms with Crippen molar-refractivity contribution >= 4 is 49.8 Å². The largest absolute Gasteiger partial charge is 0.455 e. The molecule has 0 saturated carbocycles. The minimum absolute atomic E-state index is 0.544. The summed E-state index contributed by atoms with van der Waals surface area (Å²) >= 11 is 0. The van der Waals surface area contributed by atoms with E-state index < -0.39 is 5.41 Å². The molecule has 1 aliphatic rings. The fourth-order valence-corrected chi connectivity index (χ4v) is 9.08. The van der Waals surface area contributed by atoms with E-state index in [2.05, 4.69) is 211 Å². The summed E-state index contributed by atoms with van der Waals surface area (Å²) in [6.45, 7) is 0. The summed E-state index contributed by atoms with van der Waals surface area (Å²) in [5, 5.41) is 4.79. The van der Waals surface area contributed by atoms with E-state index in [0.717, 1.165) is 39.0 Å². The van der Waals surface area contributed by atoms with Crippen LogP contribution in [0.25, 0.3) is 55.0 Å². The Hall–Kier alpha value is -7.16. The van der Waals surface area contributed by atoms with Gasteiger partial charge in [-0.3, -0.25) is 0 Å². The summed E-state index contributed by atoms with van der Waals surface area (Å²) in [6, 6.07) is 76.9. The van der Waals surface area contributed by atoms with Gasteiger partial charge in [0.2, 0.25) is 0 Å². The summed E-state index contributed by atoms with van der Waals surface area (Å²) in [5.41, 5.74) is 14.4. The van der Waals surface area contributed by atoms with Gasteiger partial charge in [0.05, 0.1) is 5.41 Å². The van der Waals surface area contributed by atoms with Crippen LogP contribution in [0, 0.1) is 0 Å². The zero-order valence-electron chi connectivity index (χ0n) is 30.1. The van der Waals surface area contributed by atoms with Crippen LogP contribution in [-0.4, -0.2) is 0 Å². The lowest BCUT2D eigenvalue weighted by atomic mass is 9.67. The maximum atomic E-state index is 6.71. The van der Waals surface area contributed by atoms with Gasteiger partial charge in [-0.05, 0) is 98.2 Å². The quantitative estimate of drug-likeness (QED) is 0.172. The van der Waals surface area contributed by atoms with Gasteiger partial charge in [0, 0.05) is 33.4 Å². The van der Waals surface area contributed by atoms with Crippen LogP contribution in [0.2, 0.25) is 0 Å². The van der Waals surface area contributed by atoms with E-state index in [1.165, 1.54) is 55.3 Å². The molecule has 9 aromatic carbocycles. The first kappa shape index (κ1) is 31.4. The molecule has 1 heterocycles. The molecule has 0 saturated heterocycles. The lowest BCUT2D eigenvalue weighted by Gasteiger charge is -2.34. The van der Waals surface area contributed by atoms with Crippen molar-refractivity contribution in [3.05, 3.63) is 235 Å². The predicted octanol–water partition coefficient (Wildman–Crippen LogP) is 14.2. The highest BCUT2D eigenvalue weighted by Crippen LogP contribution is 2.58. The molecule has 258 valence electrons. The lowest BCUT2D eigenvalue weighted by Crippen LogP contribution is -2.28.